The number of nitrogens with one attached hydrogen (secondary N) is 1. The minimum atomic E-state index is -4.13. The summed E-state index contributed by atoms with van der Waals surface area (Å²) in [6, 6.07) is 18.4. The first kappa shape index (κ1) is 31.7. The maximum Gasteiger partial charge on any atom is 0.264 e. The number of carbonyl (C=O) groups excluding carboxylic acids is 2. The Morgan fingerprint density at radius 3 is 2.22 bits per heavy atom. The van der Waals surface area contributed by atoms with Gasteiger partial charge in [-0.15, -0.1) is 0 Å². The average molecular weight is 580 g/mol. The van der Waals surface area contributed by atoms with E-state index in [0.29, 0.717) is 17.0 Å². The largest absolute Gasteiger partial charge is 0.497 e. The molecular weight excluding hydrogens is 538 g/mol. The molecule has 0 spiro atoms. The number of nitrogens with zero attached hydrogens (tertiary/aromatic N) is 2. The molecule has 0 saturated carbocycles. The van der Waals surface area contributed by atoms with Crippen molar-refractivity contribution >= 4 is 27.5 Å². The van der Waals surface area contributed by atoms with E-state index in [-0.39, 0.29) is 23.4 Å². The summed E-state index contributed by atoms with van der Waals surface area (Å²) in [7, 11) is -2.57. The van der Waals surface area contributed by atoms with Crippen molar-refractivity contribution in [1.29, 1.82) is 0 Å². The van der Waals surface area contributed by atoms with Crippen molar-refractivity contribution in [2.75, 3.05) is 18.0 Å². The molecule has 0 heterocycles. The molecule has 0 aliphatic carbocycles. The fourth-order valence-electron chi connectivity index (χ4n) is 4.35. The van der Waals surface area contributed by atoms with E-state index in [0.717, 1.165) is 27.4 Å². The van der Waals surface area contributed by atoms with Crippen molar-refractivity contribution in [3.63, 3.8) is 0 Å². The fraction of sp³-hybridized carbons (Fsp3) is 0.375. The number of carbonyl (C=O) groups is 2. The molecule has 0 aliphatic heterocycles. The summed E-state index contributed by atoms with van der Waals surface area (Å²) in [5, 5.41) is 2.95. The van der Waals surface area contributed by atoms with Crippen LogP contribution in [-0.4, -0.2) is 50.9 Å². The van der Waals surface area contributed by atoms with E-state index in [4.69, 9.17) is 4.74 Å². The Bertz CT molecular complexity index is 1470. The van der Waals surface area contributed by atoms with Crippen molar-refractivity contribution in [2.24, 2.45) is 0 Å². The molecule has 0 aromatic heterocycles. The molecule has 8 nitrogen and oxygen atoms in total. The first-order chi connectivity index (χ1) is 19.4. The maximum atomic E-state index is 14.1. The number of methoxy groups -OCH3 is 1. The van der Waals surface area contributed by atoms with Crippen LogP contribution in [0.15, 0.2) is 71.6 Å². The molecule has 3 aromatic carbocycles. The van der Waals surface area contributed by atoms with Crippen LogP contribution in [0.4, 0.5) is 5.69 Å². The smallest absolute Gasteiger partial charge is 0.264 e. The Labute approximate surface area is 244 Å². The summed E-state index contributed by atoms with van der Waals surface area (Å²) >= 11 is 0. The van der Waals surface area contributed by atoms with E-state index in [1.165, 1.54) is 4.90 Å². The Morgan fingerprint density at radius 1 is 0.927 bits per heavy atom. The minimum absolute atomic E-state index is 0.0768. The second-order valence-electron chi connectivity index (χ2n) is 10.5. The molecule has 2 atom stereocenters. The van der Waals surface area contributed by atoms with Crippen LogP contribution >= 0.6 is 0 Å². The van der Waals surface area contributed by atoms with Gasteiger partial charge in [-0.3, -0.25) is 13.9 Å². The number of hydrogen-bond acceptors (Lipinski definition) is 5. The van der Waals surface area contributed by atoms with E-state index in [2.05, 4.69) is 5.32 Å². The monoisotopic (exact) mass is 579 g/mol. The number of anilines is 1. The minimum Gasteiger partial charge on any atom is -0.497 e. The lowest BCUT2D eigenvalue weighted by Gasteiger charge is -2.33. The second kappa shape index (κ2) is 13.7. The average Bonchev–Trinajstić information content (AvgIpc) is 2.95. The van der Waals surface area contributed by atoms with Gasteiger partial charge in [-0.1, -0.05) is 48.9 Å². The topological polar surface area (TPSA) is 96.0 Å². The zero-order chi connectivity index (χ0) is 30.3. The molecule has 0 bridgehead atoms. The van der Waals surface area contributed by atoms with Gasteiger partial charge in [0.1, 0.15) is 18.3 Å². The van der Waals surface area contributed by atoms with Gasteiger partial charge in [0, 0.05) is 12.6 Å². The normalized spacial score (nSPS) is 12.8. The molecule has 0 radical (unpaired) electrons. The van der Waals surface area contributed by atoms with Crippen LogP contribution in [-0.2, 0) is 26.2 Å². The molecule has 220 valence electrons. The Morgan fingerprint density at radius 2 is 1.59 bits per heavy atom. The standard InChI is InChI=1S/C32H41N3O5S/c1-8-25(5)33-32(37)26(6)34(20-27-10-9-11-28(19-27)40-7)31(36)21-35(30-18-23(3)12-15-24(30)4)41(38,39)29-16-13-22(2)14-17-29/h9-19,25-26H,8,20-21H2,1-7H3,(H,33,37)/t25-,26-/m0/s1. The number of ether oxygens (including phenoxy) is 1. The van der Waals surface area contributed by atoms with Gasteiger partial charge in [-0.05, 0) is 88.1 Å². The molecule has 3 rings (SSSR count). The van der Waals surface area contributed by atoms with Crippen molar-refractivity contribution in [3.8, 4) is 5.75 Å². The Hall–Kier alpha value is -3.85. The highest BCUT2D eigenvalue weighted by Gasteiger charge is 2.33. The van der Waals surface area contributed by atoms with E-state index < -0.39 is 28.5 Å². The third-order valence-electron chi connectivity index (χ3n) is 7.18. The molecule has 2 amide bonds. The summed E-state index contributed by atoms with van der Waals surface area (Å²) in [4.78, 5) is 28.8. The van der Waals surface area contributed by atoms with Gasteiger partial charge >= 0.3 is 0 Å². The summed E-state index contributed by atoms with van der Waals surface area (Å²) < 4.78 is 34.6. The van der Waals surface area contributed by atoms with E-state index in [1.54, 1.807) is 56.5 Å². The Balaban J connectivity index is 2.08. The highest BCUT2D eigenvalue weighted by atomic mass is 32.2. The third-order valence-corrected chi connectivity index (χ3v) is 8.95. The van der Waals surface area contributed by atoms with E-state index >= 15 is 0 Å². The van der Waals surface area contributed by atoms with Crippen molar-refractivity contribution < 1.29 is 22.7 Å². The molecule has 0 aliphatic rings. The lowest BCUT2D eigenvalue weighted by atomic mass is 10.1. The molecule has 9 heteroatoms. The summed E-state index contributed by atoms with van der Waals surface area (Å²) in [5.74, 6) is -0.197. The van der Waals surface area contributed by atoms with Gasteiger partial charge in [0.25, 0.3) is 10.0 Å². The fourth-order valence-corrected chi connectivity index (χ4v) is 5.83. The van der Waals surface area contributed by atoms with E-state index in [1.807, 2.05) is 58.9 Å². The van der Waals surface area contributed by atoms with Gasteiger partial charge in [0.15, 0.2) is 0 Å². The number of aryl methyl sites for hydroxylation is 3. The lowest BCUT2D eigenvalue weighted by molar-refractivity contribution is -0.139. The molecule has 3 aromatic rings. The summed E-state index contributed by atoms with van der Waals surface area (Å²) in [5.41, 5.74) is 3.65. The van der Waals surface area contributed by atoms with Crippen LogP contribution in [0.3, 0.4) is 0 Å². The van der Waals surface area contributed by atoms with Crippen LogP contribution in [0.25, 0.3) is 0 Å². The summed E-state index contributed by atoms with van der Waals surface area (Å²) in [6.07, 6.45) is 0.734. The molecule has 0 unspecified atom stereocenters. The molecule has 1 N–H and O–H groups in total. The highest BCUT2D eigenvalue weighted by Crippen LogP contribution is 2.29. The molecule has 0 fully saturated rings. The van der Waals surface area contributed by atoms with Gasteiger partial charge in [-0.25, -0.2) is 8.42 Å². The molecule has 41 heavy (non-hydrogen) atoms. The van der Waals surface area contributed by atoms with Crippen LogP contribution in [0.5, 0.6) is 5.75 Å². The zero-order valence-corrected chi connectivity index (χ0v) is 25.8. The number of benzene rings is 3. The quantitative estimate of drug-likeness (QED) is 0.320. The predicted molar refractivity (Wildman–Crippen MR) is 163 cm³/mol. The maximum absolute atomic E-state index is 14.1. The first-order valence-corrected chi connectivity index (χ1v) is 15.2. The van der Waals surface area contributed by atoms with E-state index in [9.17, 15) is 18.0 Å². The van der Waals surface area contributed by atoms with Crippen molar-refractivity contribution in [1.82, 2.24) is 10.2 Å². The second-order valence-corrected chi connectivity index (χ2v) is 12.3. The lowest BCUT2D eigenvalue weighted by Crippen LogP contribution is -2.52. The van der Waals surface area contributed by atoms with Crippen LogP contribution in [0.2, 0.25) is 0 Å². The van der Waals surface area contributed by atoms with Crippen LogP contribution < -0.4 is 14.4 Å². The SMILES string of the molecule is CC[C@H](C)NC(=O)[C@H](C)N(Cc1cccc(OC)c1)C(=O)CN(c1cc(C)ccc1C)S(=O)(=O)c1ccc(C)cc1. The number of amides is 2. The number of hydrogen-bond donors (Lipinski definition) is 1. The zero-order valence-electron chi connectivity index (χ0n) is 25.0. The van der Waals surface area contributed by atoms with Gasteiger partial charge in [-0.2, -0.15) is 0 Å². The van der Waals surface area contributed by atoms with Crippen LogP contribution in [0, 0.1) is 20.8 Å². The van der Waals surface area contributed by atoms with Crippen LogP contribution in [0.1, 0.15) is 49.4 Å². The number of sulfonamides is 1. The van der Waals surface area contributed by atoms with Gasteiger partial charge in [0.05, 0.1) is 17.7 Å². The first-order valence-electron chi connectivity index (χ1n) is 13.8. The van der Waals surface area contributed by atoms with Crippen molar-refractivity contribution in [3.05, 3.63) is 89.0 Å². The Kier molecular flexibility index (Phi) is 10.6. The highest BCUT2D eigenvalue weighted by molar-refractivity contribution is 7.92. The number of rotatable bonds is 12. The molecular formula is C32H41N3O5S. The van der Waals surface area contributed by atoms with Gasteiger partial charge < -0.3 is 15.0 Å². The predicted octanol–water partition coefficient (Wildman–Crippen LogP) is 5.15. The third kappa shape index (κ3) is 7.88. The van der Waals surface area contributed by atoms with Gasteiger partial charge in [0.2, 0.25) is 11.8 Å². The summed E-state index contributed by atoms with van der Waals surface area (Å²) in [6.45, 7) is 10.7. The molecule has 0 saturated heterocycles. The van der Waals surface area contributed by atoms with Crippen molar-refractivity contribution in [2.45, 2.75) is 71.5 Å².